The normalized spacial score (nSPS) is 13.1. The highest BCUT2D eigenvalue weighted by Crippen LogP contribution is 2.30. The second kappa shape index (κ2) is 6.07. The van der Waals surface area contributed by atoms with Crippen LogP contribution in [-0.2, 0) is 6.54 Å². The summed E-state index contributed by atoms with van der Waals surface area (Å²) in [6, 6.07) is 17.5. The number of para-hydroxylation sites is 1. The number of nitrogens with one attached hydrogen (secondary N) is 2. The van der Waals surface area contributed by atoms with Gasteiger partial charge in [0, 0.05) is 40.6 Å². The number of hydrogen-bond acceptors (Lipinski definition) is 3. The van der Waals surface area contributed by atoms with Crippen LogP contribution >= 0.6 is 11.8 Å². The van der Waals surface area contributed by atoms with Crippen LogP contribution in [0.1, 0.15) is 10.5 Å². The summed E-state index contributed by atoms with van der Waals surface area (Å²) in [6.45, 7) is 1.00. The zero-order valence-electron chi connectivity index (χ0n) is 13.9. The number of fused-ring (bicyclic) bond motifs is 2. The van der Waals surface area contributed by atoms with Crippen molar-refractivity contribution in [3.63, 3.8) is 0 Å². The fourth-order valence-electron chi connectivity index (χ4n) is 3.20. The van der Waals surface area contributed by atoms with Crippen molar-refractivity contribution < 1.29 is 4.79 Å². The van der Waals surface area contributed by atoms with Crippen LogP contribution in [0.2, 0.25) is 0 Å². The van der Waals surface area contributed by atoms with Crippen LogP contribution in [0.25, 0.3) is 22.2 Å². The van der Waals surface area contributed by atoms with Gasteiger partial charge in [0.05, 0.1) is 5.69 Å². The van der Waals surface area contributed by atoms with Crippen molar-refractivity contribution in [2.24, 2.45) is 0 Å². The fourth-order valence-corrected chi connectivity index (χ4v) is 4.14. The minimum absolute atomic E-state index is 0.152. The maximum atomic E-state index is 12.6. The Labute approximate surface area is 154 Å². The zero-order valence-corrected chi connectivity index (χ0v) is 14.7. The van der Waals surface area contributed by atoms with E-state index in [1.165, 1.54) is 0 Å². The minimum Gasteiger partial charge on any atom is -0.351 e. The van der Waals surface area contributed by atoms with Gasteiger partial charge in [-0.25, -0.2) is 4.98 Å². The third kappa shape index (κ3) is 2.68. The number of H-pyrrole nitrogens is 1. The zero-order chi connectivity index (χ0) is 17.5. The van der Waals surface area contributed by atoms with Crippen LogP contribution in [-0.4, -0.2) is 26.2 Å². The summed E-state index contributed by atoms with van der Waals surface area (Å²) in [7, 11) is 0. The van der Waals surface area contributed by atoms with Gasteiger partial charge in [-0.15, -0.1) is 0 Å². The third-order valence-corrected chi connectivity index (χ3v) is 5.46. The molecule has 1 aliphatic rings. The molecule has 0 bridgehead atoms. The Morgan fingerprint density at radius 3 is 2.96 bits per heavy atom. The lowest BCUT2D eigenvalue weighted by atomic mass is 10.1. The number of benzene rings is 2. The van der Waals surface area contributed by atoms with Gasteiger partial charge in [-0.3, -0.25) is 4.79 Å². The summed E-state index contributed by atoms with van der Waals surface area (Å²) in [5, 5.41) is 5.06. The van der Waals surface area contributed by atoms with Crippen LogP contribution in [0.3, 0.4) is 0 Å². The van der Waals surface area contributed by atoms with E-state index >= 15 is 0 Å². The van der Waals surface area contributed by atoms with Gasteiger partial charge in [0.15, 0.2) is 5.16 Å². The van der Waals surface area contributed by atoms with E-state index in [2.05, 4.69) is 26.0 Å². The molecule has 0 fully saturated rings. The summed E-state index contributed by atoms with van der Waals surface area (Å²) in [5.74, 6) is 0.935. The van der Waals surface area contributed by atoms with E-state index in [9.17, 15) is 4.79 Å². The van der Waals surface area contributed by atoms with E-state index in [1.807, 2.05) is 54.6 Å². The smallest absolute Gasteiger partial charge is 0.272 e. The molecule has 0 saturated heterocycles. The number of carbonyl (C=O) groups is 1. The summed E-state index contributed by atoms with van der Waals surface area (Å²) < 4.78 is 2.18. The van der Waals surface area contributed by atoms with Crippen molar-refractivity contribution in [2.45, 2.75) is 11.7 Å². The van der Waals surface area contributed by atoms with Gasteiger partial charge in [-0.2, -0.15) is 0 Å². The van der Waals surface area contributed by atoms with Crippen molar-refractivity contribution in [1.29, 1.82) is 0 Å². The molecule has 2 aromatic carbocycles. The summed E-state index contributed by atoms with van der Waals surface area (Å²) in [6.07, 6.45) is 2.08. The maximum Gasteiger partial charge on any atom is 0.272 e. The topological polar surface area (TPSA) is 62.7 Å². The number of carbonyl (C=O) groups excluding carboxylic acids is 1. The molecule has 0 spiro atoms. The first-order valence-corrected chi connectivity index (χ1v) is 9.44. The molecule has 128 valence electrons. The number of nitrogens with zero attached hydrogens (tertiary/aromatic N) is 2. The van der Waals surface area contributed by atoms with E-state index in [4.69, 9.17) is 0 Å². The second-order valence-electron chi connectivity index (χ2n) is 6.26. The number of anilines is 1. The molecule has 1 amide bonds. The largest absolute Gasteiger partial charge is 0.351 e. The molecule has 5 nitrogen and oxygen atoms in total. The average Bonchev–Trinajstić information content (AvgIpc) is 3.35. The van der Waals surface area contributed by atoms with Crippen molar-refractivity contribution >= 4 is 34.3 Å². The van der Waals surface area contributed by atoms with Gasteiger partial charge in [0.2, 0.25) is 0 Å². The Morgan fingerprint density at radius 1 is 1.15 bits per heavy atom. The number of amides is 1. The van der Waals surface area contributed by atoms with Gasteiger partial charge in [-0.1, -0.05) is 42.1 Å². The number of aromatic nitrogens is 3. The molecule has 0 atom stereocenters. The number of aryl methyl sites for hydroxylation is 1. The Kier molecular flexibility index (Phi) is 3.57. The lowest BCUT2D eigenvalue weighted by molar-refractivity contribution is 0.102. The van der Waals surface area contributed by atoms with Crippen LogP contribution in [0.15, 0.2) is 66.0 Å². The second-order valence-corrected chi connectivity index (χ2v) is 7.32. The van der Waals surface area contributed by atoms with E-state index in [0.29, 0.717) is 5.69 Å². The first-order valence-electron chi connectivity index (χ1n) is 8.46. The monoisotopic (exact) mass is 360 g/mol. The quantitative estimate of drug-likeness (QED) is 0.570. The summed E-state index contributed by atoms with van der Waals surface area (Å²) in [4.78, 5) is 20.4. The first kappa shape index (κ1) is 15.3. The number of aromatic amines is 1. The van der Waals surface area contributed by atoms with E-state index in [1.54, 1.807) is 11.8 Å². The van der Waals surface area contributed by atoms with Crippen LogP contribution in [0, 0.1) is 0 Å². The molecule has 2 N–H and O–H groups in total. The van der Waals surface area contributed by atoms with Gasteiger partial charge in [-0.05, 0) is 24.3 Å². The highest BCUT2D eigenvalue weighted by atomic mass is 32.2. The molecular weight excluding hydrogens is 344 g/mol. The van der Waals surface area contributed by atoms with Crippen molar-refractivity contribution in [2.75, 3.05) is 11.1 Å². The molecule has 3 heterocycles. The van der Waals surface area contributed by atoms with Gasteiger partial charge in [0.1, 0.15) is 5.69 Å². The molecule has 4 aromatic rings. The average molecular weight is 360 g/mol. The fraction of sp³-hybridized carbons (Fsp3) is 0.100. The Bertz CT molecular complexity index is 1070. The molecule has 0 unspecified atom stereocenters. The van der Waals surface area contributed by atoms with Gasteiger partial charge < -0.3 is 14.9 Å². The van der Waals surface area contributed by atoms with E-state index in [0.717, 1.165) is 45.3 Å². The standard InChI is InChI=1S/C20H16N4OS/c25-19(17-11-14-4-1-2-7-16(14)22-17)21-15-6-3-5-13(10-15)18-12-24-8-9-26-20(24)23-18/h1-7,10-12,22H,8-9H2,(H,21,25). The van der Waals surface area contributed by atoms with Crippen LogP contribution in [0.4, 0.5) is 5.69 Å². The predicted octanol–water partition coefficient (Wildman–Crippen LogP) is 4.39. The number of imidazole rings is 1. The van der Waals surface area contributed by atoms with E-state index < -0.39 is 0 Å². The van der Waals surface area contributed by atoms with Crippen molar-refractivity contribution in [1.82, 2.24) is 14.5 Å². The highest BCUT2D eigenvalue weighted by molar-refractivity contribution is 7.99. The summed E-state index contributed by atoms with van der Waals surface area (Å²) in [5.41, 5.74) is 4.20. The van der Waals surface area contributed by atoms with Gasteiger partial charge >= 0.3 is 0 Å². The SMILES string of the molecule is O=C(Nc1cccc(-c2cn3c(n2)SCC3)c1)c1cc2ccccc2[nH]1. The molecule has 6 heteroatoms. The maximum absolute atomic E-state index is 12.6. The lowest BCUT2D eigenvalue weighted by Gasteiger charge is -2.05. The Balaban J connectivity index is 1.40. The first-order chi connectivity index (χ1) is 12.8. The number of rotatable bonds is 3. The van der Waals surface area contributed by atoms with Crippen molar-refractivity contribution in [3.8, 4) is 11.3 Å². The predicted molar refractivity (Wildman–Crippen MR) is 105 cm³/mol. The molecule has 0 saturated carbocycles. The molecule has 0 aliphatic carbocycles. The molecule has 2 aromatic heterocycles. The minimum atomic E-state index is -0.152. The molecule has 1 aliphatic heterocycles. The molecule has 26 heavy (non-hydrogen) atoms. The van der Waals surface area contributed by atoms with Crippen molar-refractivity contribution in [3.05, 3.63) is 66.5 Å². The molecule has 0 radical (unpaired) electrons. The number of thioether (sulfide) groups is 1. The summed E-state index contributed by atoms with van der Waals surface area (Å²) >= 11 is 1.78. The van der Waals surface area contributed by atoms with Crippen LogP contribution in [0.5, 0.6) is 0 Å². The molecular formula is C20H16N4OS. The van der Waals surface area contributed by atoms with E-state index in [-0.39, 0.29) is 5.91 Å². The highest BCUT2D eigenvalue weighted by Gasteiger charge is 2.16. The van der Waals surface area contributed by atoms with Gasteiger partial charge in [0.25, 0.3) is 5.91 Å². The molecule has 5 rings (SSSR count). The Morgan fingerprint density at radius 2 is 2.08 bits per heavy atom. The number of hydrogen-bond donors (Lipinski definition) is 2. The van der Waals surface area contributed by atoms with Crippen LogP contribution < -0.4 is 5.32 Å². The Hall–Kier alpha value is -2.99. The lowest BCUT2D eigenvalue weighted by Crippen LogP contribution is -2.12. The third-order valence-electron chi connectivity index (χ3n) is 4.49.